The number of halogens is 2. The van der Waals surface area contributed by atoms with Gasteiger partial charge in [0, 0.05) is 23.8 Å². The molecular formula is C15H18F2O2. The van der Waals surface area contributed by atoms with E-state index in [9.17, 15) is 13.6 Å². The lowest BCUT2D eigenvalue weighted by Crippen LogP contribution is -2.35. The fourth-order valence-corrected chi connectivity index (χ4v) is 2.26. The monoisotopic (exact) mass is 268 g/mol. The zero-order valence-electron chi connectivity index (χ0n) is 11.0. The van der Waals surface area contributed by atoms with Gasteiger partial charge in [0.15, 0.2) is 0 Å². The van der Waals surface area contributed by atoms with Crippen LogP contribution in [0.5, 0.6) is 5.75 Å². The maximum absolute atomic E-state index is 13.1. The molecule has 0 spiro atoms. The zero-order chi connectivity index (χ0) is 13.9. The summed E-state index contributed by atoms with van der Waals surface area (Å²) in [5.41, 5.74) is 0.404. The van der Waals surface area contributed by atoms with Gasteiger partial charge in [-0.2, -0.15) is 0 Å². The lowest BCUT2D eigenvalue weighted by atomic mass is 9.75. The second-order valence-corrected chi connectivity index (χ2v) is 5.64. The van der Waals surface area contributed by atoms with Gasteiger partial charge in [0.05, 0.1) is 6.61 Å². The Morgan fingerprint density at radius 3 is 2.26 bits per heavy atom. The van der Waals surface area contributed by atoms with Gasteiger partial charge in [-0.25, -0.2) is 8.78 Å². The Hall–Kier alpha value is -1.45. The van der Waals surface area contributed by atoms with Crippen molar-refractivity contribution in [3.8, 4) is 5.75 Å². The Morgan fingerprint density at radius 2 is 1.74 bits per heavy atom. The van der Waals surface area contributed by atoms with Crippen LogP contribution < -0.4 is 4.74 Å². The van der Waals surface area contributed by atoms with Crippen LogP contribution in [0.4, 0.5) is 8.78 Å². The average molecular weight is 268 g/mol. The Labute approximate surface area is 111 Å². The van der Waals surface area contributed by atoms with E-state index >= 15 is 0 Å². The maximum Gasteiger partial charge on any atom is 0.248 e. The van der Waals surface area contributed by atoms with Gasteiger partial charge in [-0.1, -0.05) is 6.92 Å². The van der Waals surface area contributed by atoms with Gasteiger partial charge >= 0.3 is 0 Å². The van der Waals surface area contributed by atoms with Gasteiger partial charge in [-0.05, 0) is 37.1 Å². The van der Waals surface area contributed by atoms with Crippen LogP contribution in [0, 0.1) is 5.41 Å². The highest BCUT2D eigenvalue weighted by molar-refractivity contribution is 5.74. The topological polar surface area (TPSA) is 26.3 Å². The Morgan fingerprint density at radius 1 is 1.16 bits per heavy atom. The molecule has 1 saturated carbocycles. The van der Waals surface area contributed by atoms with Crippen molar-refractivity contribution in [3.63, 3.8) is 0 Å². The molecule has 0 heterocycles. The number of hydrogen-bond donors (Lipinski definition) is 0. The lowest BCUT2D eigenvalue weighted by molar-refractivity contribution is -0.0711. The number of carbonyl (C=O) groups is 1. The van der Waals surface area contributed by atoms with Gasteiger partial charge in [0.2, 0.25) is 5.92 Å². The fraction of sp³-hybridized carbons (Fsp3) is 0.533. The number of aldehydes is 1. The zero-order valence-corrected chi connectivity index (χ0v) is 11.0. The molecule has 1 aromatic rings. The van der Waals surface area contributed by atoms with E-state index in [0.717, 1.165) is 6.29 Å². The van der Waals surface area contributed by atoms with Crippen molar-refractivity contribution >= 4 is 6.29 Å². The summed E-state index contributed by atoms with van der Waals surface area (Å²) in [6.45, 7) is 2.42. The summed E-state index contributed by atoms with van der Waals surface area (Å²) in [6, 6.07) is 6.81. The Balaban J connectivity index is 1.89. The minimum absolute atomic E-state index is 0.0586. The van der Waals surface area contributed by atoms with Gasteiger partial charge < -0.3 is 4.74 Å². The fourth-order valence-electron chi connectivity index (χ4n) is 2.26. The smallest absolute Gasteiger partial charge is 0.248 e. The Bertz CT molecular complexity index is 430. The number of hydrogen-bond acceptors (Lipinski definition) is 2. The van der Waals surface area contributed by atoms with Crippen molar-refractivity contribution in [2.75, 3.05) is 6.61 Å². The average Bonchev–Trinajstić information content (AvgIpc) is 2.41. The second kappa shape index (κ2) is 5.27. The number of rotatable bonds is 4. The van der Waals surface area contributed by atoms with E-state index in [1.807, 2.05) is 6.92 Å². The summed E-state index contributed by atoms with van der Waals surface area (Å²) in [6.07, 6.45) is 1.61. The third-order valence-corrected chi connectivity index (χ3v) is 3.79. The minimum Gasteiger partial charge on any atom is -0.493 e. The number of alkyl halides is 2. The first-order chi connectivity index (χ1) is 8.92. The molecule has 0 bridgehead atoms. The van der Waals surface area contributed by atoms with Crippen LogP contribution in [0.2, 0.25) is 0 Å². The SMILES string of the molecule is CC1(COc2ccc(C=O)cc2)CCC(F)(F)CC1. The third-order valence-electron chi connectivity index (χ3n) is 3.79. The molecule has 0 saturated heterocycles. The second-order valence-electron chi connectivity index (χ2n) is 5.64. The Kier molecular flexibility index (Phi) is 3.88. The molecule has 0 aliphatic heterocycles. The molecule has 0 amide bonds. The summed E-state index contributed by atoms with van der Waals surface area (Å²) >= 11 is 0. The first-order valence-corrected chi connectivity index (χ1v) is 6.48. The van der Waals surface area contributed by atoms with Crippen molar-refractivity contribution in [1.29, 1.82) is 0 Å². The molecule has 0 unspecified atom stereocenters. The molecule has 2 nitrogen and oxygen atoms in total. The van der Waals surface area contributed by atoms with Gasteiger partial charge in [0.1, 0.15) is 12.0 Å². The molecule has 1 aliphatic carbocycles. The number of benzene rings is 1. The van der Waals surface area contributed by atoms with E-state index in [-0.39, 0.29) is 18.3 Å². The van der Waals surface area contributed by atoms with Crippen LogP contribution in [0.25, 0.3) is 0 Å². The van der Waals surface area contributed by atoms with Gasteiger partial charge in [-0.15, -0.1) is 0 Å². The van der Waals surface area contributed by atoms with Crippen LogP contribution in [0.15, 0.2) is 24.3 Å². The maximum atomic E-state index is 13.1. The first-order valence-electron chi connectivity index (χ1n) is 6.48. The number of ether oxygens (including phenoxy) is 1. The number of carbonyl (C=O) groups excluding carboxylic acids is 1. The van der Waals surface area contributed by atoms with E-state index in [1.54, 1.807) is 24.3 Å². The highest BCUT2D eigenvalue weighted by Crippen LogP contribution is 2.43. The van der Waals surface area contributed by atoms with Gasteiger partial charge in [-0.3, -0.25) is 4.79 Å². The quantitative estimate of drug-likeness (QED) is 0.769. The molecule has 0 N–H and O–H groups in total. The summed E-state index contributed by atoms with van der Waals surface area (Å²) in [5, 5.41) is 0. The summed E-state index contributed by atoms with van der Waals surface area (Å²) in [5.74, 6) is -1.84. The highest BCUT2D eigenvalue weighted by atomic mass is 19.3. The van der Waals surface area contributed by atoms with Crippen molar-refractivity contribution < 1.29 is 18.3 Å². The van der Waals surface area contributed by atoms with Crippen molar-refractivity contribution in [2.45, 2.75) is 38.5 Å². The van der Waals surface area contributed by atoms with Crippen LogP contribution in [0.1, 0.15) is 43.0 Å². The summed E-state index contributed by atoms with van der Waals surface area (Å²) in [7, 11) is 0. The summed E-state index contributed by atoms with van der Waals surface area (Å²) < 4.78 is 31.9. The molecule has 1 aliphatic rings. The highest BCUT2D eigenvalue weighted by Gasteiger charge is 2.41. The first kappa shape index (κ1) is 14.0. The van der Waals surface area contributed by atoms with E-state index in [1.165, 1.54) is 0 Å². The lowest BCUT2D eigenvalue weighted by Gasteiger charge is -2.36. The van der Waals surface area contributed by atoms with Crippen LogP contribution in [-0.2, 0) is 0 Å². The van der Waals surface area contributed by atoms with Crippen LogP contribution in [0.3, 0.4) is 0 Å². The third kappa shape index (κ3) is 3.75. The largest absolute Gasteiger partial charge is 0.493 e. The van der Waals surface area contributed by atoms with E-state index in [4.69, 9.17) is 4.74 Å². The molecular weight excluding hydrogens is 250 g/mol. The van der Waals surface area contributed by atoms with E-state index in [2.05, 4.69) is 0 Å². The van der Waals surface area contributed by atoms with Crippen molar-refractivity contribution in [3.05, 3.63) is 29.8 Å². The normalized spacial score (nSPS) is 20.8. The van der Waals surface area contributed by atoms with Gasteiger partial charge in [0.25, 0.3) is 0 Å². The molecule has 0 atom stereocenters. The molecule has 0 radical (unpaired) electrons. The predicted molar refractivity (Wildman–Crippen MR) is 68.8 cm³/mol. The molecule has 1 fully saturated rings. The molecule has 104 valence electrons. The van der Waals surface area contributed by atoms with Crippen LogP contribution >= 0.6 is 0 Å². The summed E-state index contributed by atoms with van der Waals surface area (Å²) in [4.78, 5) is 10.5. The molecule has 4 heteroatoms. The predicted octanol–water partition coefficient (Wildman–Crippen LogP) is 4.09. The molecule has 1 aromatic carbocycles. The minimum atomic E-state index is -2.51. The van der Waals surface area contributed by atoms with Crippen molar-refractivity contribution in [1.82, 2.24) is 0 Å². The molecule has 0 aromatic heterocycles. The molecule has 2 rings (SSSR count). The van der Waals surface area contributed by atoms with Crippen molar-refractivity contribution in [2.24, 2.45) is 5.41 Å². The standard InChI is InChI=1S/C15H18F2O2/c1-14(6-8-15(16,17)9-7-14)11-19-13-4-2-12(10-18)3-5-13/h2-5,10H,6-9,11H2,1H3. The van der Waals surface area contributed by atoms with E-state index < -0.39 is 5.92 Å². The van der Waals surface area contributed by atoms with E-state index in [0.29, 0.717) is 30.8 Å². The van der Waals surface area contributed by atoms with Crippen LogP contribution in [-0.4, -0.2) is 18.8 Å². The molecule has 19 heavy (non-hydrogen) atoms.